The molecule has 2 aromatic carbocycles. The number of rotatable bonds is 1. The Morgan fingerprint density at radius 2 is 1.65 bits per heavy atom. The van der Waals surface area contributed by atoms with Crippen molar-refractivity contribution in [3.05, 3.63) is 54.6 Å². The lowest BCUT2D eigenvalue weighted by Crippen LogP contribution is -1.87. The van der Waals surface area contributed by atoms with Gasteiger partial charge in [0, 0.05) is 21.0 Å². The molecule has 4 aromatic rings. The summed E-state index contributed by atoms with van der Waals surface area (Å²) in [6.07, 6.45) is 0. The maximum absolute atomic E-state index is 9.93. The average Bonchev–Trinajstić information content (AvgIpc) is 2.85. The molecule has 0 aliphatic heterocycles. The van der Waals surface area contributed by atoms with Crippen LogP contribution in [0.1, 0.15) is 0 Å². The monoisotopic (exact) mass is 278 g/mol. The van der Waals surface area contributed by atoms with Gasteiger partial charge in [-0.3, -0.25) is 0 Å². The summed E-state index contributed by atoms with van der Waals surface area (Å²) in [6, 6.07) is 17.4. The van der Waals surface area contributed by atoms with Gasteiger partial charge in [0.05, 0.1) is 5.69 Å². The molecule has 0 fully saturated rings. The highest BCUT2D eigenvalue weighted by molar-refractivity contribution is 7.25. The van der Waals surface area contributed by atoms with Crippen molar-refractivity contribution in [2.75, 3.05) is 0 Å². The Kier molecular flexibility index (Phi) is 2.44. The fourth-order valence-electron chi connectivity index (χ4n) is 2.35. The van der Waals surface area contributed by atoms with Gasteiger partial charge in [-0.1, -0.05) is 30.3 Å². The van der Waals surface area contributed by atoms with Crippen LogP contribution in [0.2, 0.25) is 0 Å². The van der Waals surface area contributed by atoms with Gasteiger partial charge >= 0.3 is 0 Å². The first-order chi connectivity index (χ1) is 9.83. The number of aromatic hydroxyl groups is 1. The molecule has 0 aliphatic carbocycles. The van der Waals surface area contributed by atoms with E-state index in [2.05, 4.69) is 22.3 Å². The number of thiophene rings is 1. The van der Waals surface area contributed by atoms with E-state index in [9.17, 15) is 5.11 Å². The Balaban J connectivity index is 2.03. The van der Waals surface area contributed by atoms with Crippen LogP contribution in [-0.2, 0) is 0 Å². The normalized spacial score (nSPS) is 11.2. The van der Waals surface area contributed by atoms with E-state index in [1.165, 1.54) is 10.1 Å². The molecule has 0 atom stereocenters. The van der Waals surface area contributed by atoms with Crippen LogP contribution in [0.5, 0.6) is 5.75 Å². The largest absolute Gasteiger partial charge is 0.507 e. The Hall–Kier alpha value is -2.46. The molecule has 0 saturated carbocycles. The SMILES string of the molecule is Oc1ccccc1-c1cc2c(nn1)sc1ccccc12. The minimum Gasteiger partial charge on any atom is -0.507 e. The number of aromatic nitrogens is 2. The lowest BCUT2D eigenvalue weighted by molar-refractivity contribution is 0.477. The molecule has 0 saturated heterocycles. The summed E-state index contributed by atoms with van der Waals surface area (Å²) in [5, 5.41) is 20.7. The highest BCUT2D eigenvalue weighted by atomic mass is 32.1. The Labute approximate surface area is 119 Å². The summed E-state index contributed by atoms with van der Waals surface area (Å²) in [6.45, 7) is 0. The van der Waals surface area contributed by atoms with E-state index in [1.54, 1.807) is 23.5 Å². The second-order valence-corrected chi connectivity index (χ2v) is 5.59. The van der Waals surface area contributed by atoms with Gasteiger partial charge < -0.3 is 5.11 Å². The van der Waals surface area contributed by atoms with Crippen LogP contribution in [0, 0.1) is 0 Å². The van der Waals surface area contributed by atoms with Crippen molar-refractivity contribution in [3.8, 4) is 17.0 Å². The van der Waals surface area contributed by atoms with Crippen molar-refractivity contribution in [3.63, 3.8) is 0 Å². The van der Waals surface area contributed by atoms with Gasteiger partial charge in [-0.25, -0.2) is 0 Å². The highest BCUT2D eigenvalue weighted by Crippen LogP contribution is 2.35. The van der Waals surface area contributed by atoms with E-state index >= 15 is 0 Å². The summed E-state index contributed by atoms with van der Waals surface area (Å²) < 4.78 is 1.20. The molecule has 4 heteroatoms. The third-order valence-corrected chi connectivity index (χ3v) is 4.39. The maximum Gasteiger partial charge on any atom is 0.147 e. The molecule has 3 nitrogen and oxygen atoms in total. The molecular formula is C16H10N2OS. The number of para-hydroxylation sites is 1. The van der Waals surface area contributed by atoms with Crippen molar-refractivity contribution in [1.29, 1.82) is 0 Å². The lowest BCUT2D eigenvalue weighted by atomic mass is 10.1. The minimum absolute atomic E-state index is 0.223. The number of fused-ring (bicyclic) bond motifs is 3. The zero-order valence-corrected chi connectivity index (χ0v) is 11.3. The molecule has 20 heavy (non-hydrogen) atoms. The third-order valence-electron chi connectivity index (χ3n) is 3.32. The van der Waals surface area contributed by atoms with E-state index < -0.39 is 0 Å². The molecular weight excluding hydrogens is 268 g/mol. The number of phenols is 1. The Morgan fingerprint density at radius 1 is 0.850 bits per heavy atom. The molecule has 0 bridgehead atoms. The number of hydrogen-bond donors (Lipinski definition) is 1. The van der Waals surface area contributed by atoms with E-state index in [0.29, 0.717) is 11.3 Å². The molecule has 4 rings (SSSR count). The molecule has 0 aliphatic rings. The van der Waals surface area contributed by atoms with Gasteiger partial charge in [0.2, 0.25) is 0 Å². The van der Waals surface area contributed by atoms with Crippen LogP contribution in [0.4, 0.5) is 0 Å². The van der Waals surface area contributed by atoms with Crippen molar-refractivity contribution >= 4 is 31.6 Å². The van der Waals surface area contributed by atoms with Crippen LogP contribution in [-0.4, -0.2) is 15.3 Å². The van der Waals surface area contributed by atoms with Gasteiger partial charge in [0.1, 0.15) is 10.6 Å². The number of nitrogens with zero attached hydrogens (tertiary/aromatic N) is 2. The van der Waals surface area contributed by atoms with Crippen LogP contribution < -0.4 is 0 Å². The minimum atomic E-state index is 0.223. The predicted molar refractivity (Wildman–Crippen MR) is 82.0 cm³/mol. The maximum atomic E-state index is 9.93. The van der Waals surface area contributed by atoms with E-state index in [4.69, 9.17) is 0 Å². The quantitative estimate of drug-likeness (QED) is 0.567. The van der Waals surface area contributed by atoms with Crippen molar-refractivity contribution in [1.82, 2.24) is 10.2 Å². The second-order valence-electron chi connectivity index (χ2n) is 4.56. The zero-order valence-electron chi connectivity index (χ0n) is 10.4. The molecule has 2 aromatic heterocycles. The summed E-state index contributed by atoms with van der Waals surface area (Å²) in [4.78, 5) is 0.922. The molecule has 0 radical (unpaired) electrons. The first-order valence-corrected chi connectivity index (χ1v) is 7.08. The molecule has 0 spiro atoms. The van der Waals surface area contributed by atoms with Crippen molar-refractivity contribution in [2.24, 2.45) is 0 Å². The van der Waals surface area contributed by atoms with Crippen LogP contribution in [0.3, 0.4) is 0 Å². The van der Waals surface area contributed by atoms with Gasteiger partial charge in [-0.2, -0.15) is 0 Å². The van der Waals surface area contributed by atoms with E-state index in [1.807, 2.05) is 30.3 Å². The molecule has 1 N–H and O–H groups in total. The van der Waals surface area contributed by atoms with E-state index in [-0.39, 0.29) is 5.75 Å². The summed E-state index contributed by atoms with van der Waals surface area (Å²) in [7, 11) is 0. The van der Waals surface area contributed by atoms with E-state index in [0.717, 1.165) is 10.2 Å². The first-order valence-electron chi connectivity index (χ1n) is 6.26. The molecule has 2 heterocycles. The first kappa shape index (κ1) is 11.4. The third kappa shape index (κ3) is 1.66. The predicted octanol–water partition coefficient (Wildman–Crippen LogP) is 4.22. The topological polar surface area (TPSA) is 46.0 Å². The van der Waals surface area contributed by atoms with Crippen LogP contribution in [0.25, 0.3) is 31.6 Å². The molecule has 0 amide bonds. The van der Waals surface area contributed by atoms with Crippen molar-refractivity contribution in [2.45, 2.75) is 0 Å². The fraction of sp³-hybridized carbons (Fsp3) is 0. The molecule has 96 valence electrons. The standard InChI is InChI=1S/C16H10N2OS/c19-14-7-3-1-6-11(14)13-9-12-10-5-2-4-8-15(10)20-16(12)18-17-13/h1-9,19H. The summed E-state index contributed by atoms with van der Waals surface area (Å²) in [5.74, 6) is 0.223. The van der Waals surface area contributed by atoms with Gasteiger partial charge in [0.15, 0.2) is 0 Å². The molecule has 0 unspecified atom stereocenters. The van der Waals surface area contributed by atoms with Gasteiger partial charge in [-0.15, -0.1) is 21.5 Å². The van der Waals surface area contributed by atoms with Gasteiger partial charge in [-0.05, 0) is 24.3 Å². The van der Waals surface area contributed by atoms with Crippen LogP contribution in [0.15, 0.2) is 54.6 Å². The van der Waals surface area contributed by atoms with Crippen molar-refractivity contribution < 1.29 is 5.11 Å². The summed E-state index contributed by atoms with van der Waals surface area (Å²) in [5.41, 5.74) is 1.40. The zero-order chi connectivity index (χ0) is 13.5. The second kappa shape index (κ2) is 4.28. The van der Waals surface area contributed by atoms with Crippen LogP contribution >= 0.6 is 11.3 Å². The highest BCUT2D eigenvalue weighted by Gasteiger charge is 2.10. The summed E-state index contributed by atoms with van der Waals surface area (Å²) >= 11 is 1.63. The number of hydrogen-bond acceptors (Lipinski definition) is 4. The van der Waals surface area contributed by atoms with Gasteiger partial charge in [0.25, 0.3) is 0 Å². The average molecular weight is 278 g/mol. The Bertz CT molecular complexity index is 930. The Morgan fingerprint density at radius 3 is 2.55 bits per heavy atom. The smallest absolute Gasteiger partial charge is 0.147 e. The number of phenolic OH excluding ortho intramolecular Hbond substituents is 1. The number of benzene rings is 2. The lowest BCUT2D eigenvalue weighted by Gasteiger charge is -2.02. The fourth-order valence-corrected chi connectivity index (χ4v) is 3.36.